The summed E-state index contributed by atoms with van der Waals surface area (Å²) in [5, 5.41) is 5.93. The third-order valence-corrected chi connectivity index (χ3v) is 7.00. The molecule has 5 rings (SSSR count). The molecule has 0 aromatic heterocycles. The first-order valence-electron chi connectivity index (χ1n) is 11.9. The summed E-state index contributed by atoms with van der Waals surface area (Å²) in [6.45, 7) is 4.63. The average Bonchev–Trinajstić information content (AvgIpc) is 3.53. The quantitative estimate of drug-likeness (QED) is 0.568. The molecule has 192 valence electrons. The lowest BCUT2D eigenvalue weighted by Gasteiger charge is -2.32. The van der Waals surface area contributed by atoms with Crippen LogP contribution in [0.1, 0.15) is 34.6 Å². The van der Waals surface area contributed by atoms with Crippen molar-refractivity contribution in [3.05, 3.63) is 59.7 Å². The van der Waals surface area contributed by atoms with Crippen LogP contribution in [0.25, 0.3) is 0 Å². The van der Waals surface area contributed by atoms with Crippen LogP contribution in [0.4, 0.5) is 0 Å². The van der Waals surface area contributed by atoms with E-state index in [2.05, 4.69) is 10.6 Å². The molecule has 0 aliphatic carbocycles. The number of carbonyl (C=O) groups excluding carboxylic acids is 2. The molecule has 0 saturated carbocycles. The molecule has 2 aromatic carbocycles. The molecule has 5 atom stereocenters. The summed E-state index contributed by atoms with van der Waals surface area (Å²) in [6, 6.07) is 14.1. The summed E-state index contributed by atoms with van der Waals surface area (Å²) >= 11 is 0. The predicted octanol–water partition coefficient (Wildman–Crippen LogP) is 1.75. The van der Waals surface area contributed by atoms with Crippen LogP contribution >= 0.6 is 0 Å². The number of nitrogens with one attached hydrogen (secondary N) is 2. The SMILES string of the molecule is COc1ccccc1C(=O)NC[C@]1(C)O[C@H]2CO[C@@H]3N2[C@H]1O[C@@]3(C)CNC(=O)c1ccccc1OC. The van der Waals surface area contributed by atoms with E-state index in [0.717, 1.165) is 0 Å². The smallest absolute Gasteiger partial charge is 0.255 e. The Morgan fingerprint density at radius 1 is 0.861 bits per heavy atom. The summed E-state index contributed by atoms with van der Waals surface area (Å²) in [4.78, 5) is 27.8. The fourth-order valence-electron chi connectivity index (χ4n) is 5.16. The first-order valence-corrected chi connectivity index (χ1v) is 11.9. The molecule has 2 amide bonds. The van der Waals surface area contributed by atoms with Gasteiger partial charge in [0.1, 0.15) is 41.4 Å². The molecular weight excluding hydrogens is 466 g/mol. The van der Waals surface area contributed by atoms with Crippen LogP contribution in [0.5, 0.6) is 11.5 Å². The van der Waals surface area contributed by atoms with Gasteiger partial charge in [-0.3, -0.25) is 9.59 Å². The number of benzene rings is 2. The molecule has 3 aliphatic heterocycles. The second-order valence-electron chi connectivity index (χ2n) is 9.57. The predicted molar refractivity (Wildman–Crippen MR) is 129 cm³/mol. The minimum absolute atomic E-state index is 0.220. The monoisotopic (exact) mass is 497 g/mol. The van der Waals surface area contributed by atoms with Crippen LogP contribution in [-0.2, 0) is 14.2 Å². The second kappa shape index (κ2) is 9.36. The molecule has 0 radical (unpaired) electrons. The number of amides is 2. The molecule has 36 heavy (non-hydrogen) atoms. The van der Waals surface area contributed by atoms with E-state index in [-0.39, 0.29) is 31.1 Å². The Morgan fingerprint density at radius 3 is 1.89 bits per heavy atom. The molecule has 0 spiro atoms. The van der Waals surface area contributed by atoms with Crippen LogP contribution in [0.2, 0.25) is 0 Å². The Morgan fingerprint density at radius 2 is 1.36 bits per heavy atom. The van der Waals surface area contributed by atoms with Crippen molar-refractivity contribution in [1.29, 1.82) is 0 Å². The maximum atomic E-state index is 12.9. The highest BCUT2D eigenvalue weighted by atomic mass is 16.7. The fourth-order valence-corrected chi connectivity index (χ4v) is 5.16. The first kappa shape index (κ1) is 24.5. The van der Waals surface area contributed by atoms with Gasteiger partial charge in [0.2, 0.25) is 0 Å². The van der Waals surface area contributed by atoms with Crippen LogP contribution in [0, 0.1) is 0 Å². The largest absolute Gasteiger partial charge is 0.496 e. The van der Waals surface area contributed by atoms with Crippen molar-refractivity contribution in [2.75, 3.05) is 33.9 Å². The van der Waals surface area contributed by atoms with Crippen LogP contribution in [0.15, 0.2) is 48.5 Å². The number of para-hydroxylation sites is 2. The topological polar surface area (TPSA) is 108 Å². The van der Waals surface area contributed by atoms with E-state index in [1.165, 1.54) is 14.2 Å². The number of hydrogen-bond acceptors (Lipinski definition) is 8. The lowest BCUT2D eigenvalue weighted by Crippen LogP contribution is -2.51. The van der Waals surface area contributed by atoms with Gasteiger partial charge >= 0.3 is 0 Å². The highest BCUT2D eigenvalue weighted by molar-refractivity contribution is 5.97. The third kappa shape index (κ3) is 4.09. The minimum atomic E-state index is -0.825. The molecule has 3 heterocycles. The van der Waals surface area contributed by atoms with E-state index in [4.69, 9.17) is 23.7 Å². The van der Waals surface area contributed by atoms with Crippen LogP contribution in [-0.4, -0.2) is 80.5 Å². The zero-order chi connectivity index (χ0) is 25.5. The Kier molecular flexibility index (Phi) is 6.37. The van der Waals surface area contributed by atoms with Crippen molar-refractivity contribution >= 4 is 11.8 Å². The molecule has 3 fully saturated rings. The molecule has 10 heteroatoms. The molecule has 2 aromatic rings. The van der Waals surface area contributed by atoms with Crippen molar-refractivity contribution in [1.82, 2.24) is 15.5 Å². The molecule has 2 N–H and O–H groups in total. The summed E-state index contributed by atoms with van der Waals surface area (Å²) < 4.78 is 29.4. The minimum Gasteiger partial charge on any atom is -0.496 e. The molecule has 10 nitrogen and oxygen atoms in total. The number of hydrogen-bond donors (Lipinski definition) is 2. The number of ether oxygens (including phenoxy) is 5. The van der Waals surface area contributed by atoms with E-state index in [1.807, 2.05) is 30.9 Å². The van der Waals surface area contributed by atoms with E-state index in [0.29, 0.717) is 29.2 Å². The van der Waals surface area contributed by atoms with Gasteiger partial charge in [-0.1, -0.05) is 24.3 Å². The first-order chi connectivity index (χ1) is 17.3. The lowest BCUT2D eigenvalue weighted by atomic mass is 10.0. The van der Waals surface area contributed by atoms with Gasteiger partial charge in [-0.25, -0.2) is 4.90 Å². The molecular formula is C26H31N3O7. The Hall–Kier alpha value is -3.18. The Bertz CT molecular complexity index is 1100. The average molecular weight is 498 g/mol. The van der Waals surface area contributed by atoms with Gasteiger partial charge in [0.05, 0.1) is 45.0 Å². The molecule has 0 bridgehead atoms. The number of rotatable bonds is 8. The highest BCUT2D eigenvalue weighted by Crippen LogP contribution is 2.48. The maximum absolute atomic E-state index is 12.9. The maximum Gasteiger partial charge on any atom is 0.255 e. The van der Waals surface area contributed by atoms with Gasteiger partial charge in [-0.15, -0.1) is 0 Å². The van der Waals surface area contributed by atoms with Gasteiger partial charge in [0.15, 0.2) is 0 Å². The van der Waals surface area contributed by atoms with Crippen LogP contribution in [0.3, 0.4) is 0 Å². The van der Waals surface area contributed by atoms with E-state index < -0.39 is 23.7 Å². The van der Waals surface area contributed by atoms with E-state index in [9.17, 15) is 9.59 Å². The van der Waals surface area contributed by atoms with Crippen molar-refractivity contribution in [3.63, 3.8) is 0 Å². The molecule has 3 aliphatic rings. The highest BCUT2D eigenvalue weighted by Gasteiger charge is 2.67. The lowest BCUT2D eigenvalue weighted by molar-refractivity contribution is -0.126. The summed E-state index contributed by atoms with van der Waals surface area (Å²) in [5.74, 6) is 0.470. The zero-order valence-corrected chi connectivity index (χ0v) is 20.8. The zero-order valence-electron chi connectivity index (χ0n) is 20.8. The van der Waals surface area contributed by atoms with E-state index in [1.54, 1.807) is 36.4 Å². The van der Waals surface area contributed by atoms with Gasteiger partial charge in [-0.05, 0) is 38.1 Å². The van der Waals surface area contributed by atoms with Gasteiger partial charge in [0.25, 0.3) is 11.8 Å². The van der Waals surface area contributed by atoms with Gasteiger partial charge < -0.3 is 34.3 Å². The van der Waals surface area contributed by atoms with Gasteiger partial charge in [-0.2, -0.15) is 0 Å². The Labute approximate surface area is 209 Å². The number of nitrogens with zero attached hydrogens (tertiary/aromatic N) is 1. The summed E-state index contributed by atoms with van der Waals surface area (Å²) in [6.07, 6.45) is -1.18. The number of methoxy groups -OCH3 is 2. The molecule has 3 saturated heterocycles. The van der Waals surface area contributed by atoms with E-state index >= 15 is 0 Å². The van der Waals surface area contributed by atoms with Crippen molar-refractivity contribution in [3.8, 4) is 11.5 Å². The normalized spacial score (nSPS) is 30.6. The fraction of sp³-hybridized carbons (Fsp3) is 0.462. The Balaban J connectivity index is 1.27. The van der Waals surface area contributed by atoms with Gasteiger partial charge in [0, 0.05) is 0 Å². The van der Waals surface area contributed by atoms with Crippen molar-refractivity contribution in [2.24, 2.45) is 0 Å². The third-order valence-electron chi connectivity index (χ3n) is 7.00. The summed E-state index contributed by atoms with van der Waals surface area (Å²) in [7, 11) is 3.06. The summed E-state index contributed by atoms with van der Waals surface area (Å²) in [5.41, 5.74) is -0.761. The van der Waals surface area contributed by atoms with Crippen molar-refractivity contribution < 1.29 is 33.3 Å². The molecule has 0 unspecified atom stereocenters. The van der Waals surface area contributed by atoms with Crippen molar-refractivity contribution in [2.45, 2.75) is 43.7 Å². The number of carbonyl (C=O) groups is 2. The second-order valence-corrected chi connectivity index (χ2v) is 9.57. The van der Waals surface area contributed by atoms with Crippen LogP contribution < -0.4 is 20.1 Å². The standard InChI is InChI=1S/C26H31N3O7/c1-25(14-27-21(30)16-9-5-7-11-18(16)32-3)23-29-20(13-34-23)35-26(2,24(29)36-25)15-28-22(31)17-10-6-8-12-19(17)33-4/h5-12,20,23-24H,13-15H2,1-4H3,(H,27,30)(H,28,31)/t20-,23-,24-,25-,26-/m0/s1.